The summed E-state index contributed by atoms with van der Waals surface area (Å²) in [4.78, 5) is 37.3. The molecule has 1 aliphatic rings. The first-order valence-electron chi connectivity index (χ1n) is 6.60. The van der Waals surface area contributed by atoms with Gasteiger partial charge in [-0.3, -0.25) is 14.2 Å². The molecule has 1 saturated carbocycles. The van der Waals surface area contributed by atoms with Gasteiger partial charge in [0.2, 0.25) is 0 Å². The van der Waals surface area contributed by atoms with Crippen LogP contribution in [0, 0.1) is 0 Å². The number of nitrogens with one attached hydrogen (secondary N) is 1. The molecular weight excluding hydrogens is 260 g/mol. The normalized spacial score (nSPS) is 15.8. The molecule has 3 rings (SSSR count). The third kappa shape index (κ3) is 1.93. The maximum atomic E-state index is 12.1. The highest BCUT2D eigenvalue weighted by Crippen LogP contribution is 2.30. The smallest absolute Gasteiger partial charge is 0.335 e. The van der Waals surface area contributed by atoms with Crippen molar-refractivity contribution in [3.63, 3.8) is 0 Å². The molecule has 0 unspecified atom stereocenters. The summed E-state index contributed by atoms with van der Waals surface area (Å²) in [6.45, 7) is 0. The molecule has 0 saturated heterocycles. The Morgan fingerprint density at radius 1 is 1.25 bits per heavy atom. The van der Waals surface area contributed by atoms with Crippen LogP contribution in [0.2, 0.25) is 0 Å². The molecular formula is C14H14N2O4. The van der Waals surface area contributed by atoms with E-state index in [0.29, 0.717) is 11.0 Å². The fourth-order valence-corrected chi connectivity index (χ4v) is 2.90. The van der Waals surface area contributed by atoms with Crippen molar-refractivity contribution < 1.29 is 9.90 Å². The van der Waals surface area contributed by atoms with Crippen LogP contribution in [0.15, 0.2) is 27.8 Å². The van der Waals surface area contributed by atoms with Crippen molar-refractivity contribution in [3.05, 3.63) is 44.5 Å². The molecule has 1 heterocycles. The molecule has 2 N–H and O–H groups in total. The molecule has 6 heteroatoms. The first-order chi connectivity index (χ1) is 9.58. The minimum Gasteiger partial charge on any atom is -0.478 e. The van der Waals surface area contributed by atoms with Gasteiger partial charge in [0.15, 0.2) is 0 Å². The number of carboxylic acids is 1. The second-order valence-corrected chi connectivity index (χ2v) is 5.10. The van der Waals surface area contributed by atoms with Gasteiger partial charge < -0.3 is 10.1 Å². The minimum atomic E-state index is -1.06. The zero-order chi connectivity index (χ0) is 14.3. The number of benzene rings is 1. The lowest BCUT2D eigenvalue weighted by atomic mass is 10.1. The van der Waals surface area contributed by atoms with E-state index in [0.717, 1.165) is 25.7 Å². The van der Waals surface area contributed by atoms with Crippen LogP contribution in [-0.4, -0.2) is 20.6 Å². The molecule has 0 aliphatic heterocycles. The summed E-state index contributed by atoms with van der Waals surface area (Å²) in [6, 6.07) is 4.47. The Bertz CT molecular complexity index is 797. The number of hydrogen-bond acceptors (Lipinski definition) is 3. The van der Waals surface area contributed by atoms with E-state index >= 15 is 0 Å². The van der Waals surface area contributed by atoms with Gasteiger partial charge in [-0.05, 0) is 31.0 Å². The van der Waals surface area contributed by atoms with E-state index in [1.165, 1.54) is 16.7 Å². The lowest BCUT2D eigenvalue weighted by molar-refractivity contribution is 0.0697. The van der Waals surface area contributed by atoms with Gasteiger partial charge in [-0.25, -0.2) is 4.79 Å². The average molecular weight is 274 g/mol. The van der Waals surface area contributed by atoms with E-state index in [1.54, 1.807) is 6.07 Å². The number of aromatic carboxylic acids is 1. The summed E-state index contributed by atoms with van der Waals surface area (Å²) in [5.74, 6) is -1.06. The highest BCUT2D eigenvalue weighted by molar-refractivity contribution is 5.92. The van der Waals surface area contributed by atoms with E-state index in [9.17, 15) is 14.4 Å². The van der Waals surface area contributed by atoms with Crippen molar-refractivity contribution >= 4 is 17.0 Å². The first kappa shape index (κ1) is 12.7. The van der Waals surface area contributed by atoms with Crippen LogP contribution < -0.4 is 11.1 Å². The first-order valence-corrected chi connectivity index (χ1v) is 6.60. The van der Waals surface area contributed by atoms with E-state index in [4.69, 9.17) is 5.11 Å². The van der Waals surface area contributed by atoms with E-state index < -0.39 is 17.1 Å². The predicted octanol–water partition coefficient (Wildman–Crippen LogP) is 1.50. The molecule has 104 valence electrons. The Morgan fingerprint density at radius 3 is 2.60 bits per heavy atom. The number of aromatic amines is 1. The zero-order valence-electron chi connectivity index (χ0n) is 10.8. The van der Waals surface area contributed by atoms with Gasteiger partial charge in [-0.1, -0.05) is 12.8 Å². The van der Waals surface area contributed by atoms with Gasteiger partial charge in [0.1, 0.15) is 0 Å². The zero-order valence-corrected chi connectivity index (χ0v) is 10.8. The van der Waals surface area contributed by atoms with Gasteiger partial charge >= 0.3 is 17.1 Å². The Morgan fingerprint density at radius 2 is 1.95 bits per heavy atom. The number of hydrogen-bond donors (Lipinski definition) is 2. The summed E-state index contributed by atoms with van der Waals surface area (Å²) in [7, 11) is 0. The van der Waals surface area contributed by atoms with Crippen LogP contribution in [0.25, 0.3) is 11.0 Å². The summed E-state index contributed by atoms with van der Waals surface area (Å²) >= 11 is 0. The number of H-pyrrole nitrogens is 1. The maximum absolute atomic E-state index is 12.1. The lowest BCUT2D eigenvalue weighted by Crippen LogP contribution is -2.37. The molecule has 1 aliphatic carbocycles. The minimum absolute atomic E-state index is 0.0305. The molecule has 0 atom stereocenters. The van der Waals surface area contributed by atoms with E-state index in [-0.39, 0.29) is 11.6 Å². The molecule has 0 amide bonds. The SMILES string of the molecule is O=C(O)c1ccc2c(c1)[nH]c(=O)c(=O)n2C1CCCC1. The molecule has 0 bridgehead atoms. The van der Waals surface area contributed by atoms with Gasteiger partial charge in [0.05, 0.1) is 16.6 Å². The molecule has 1 aromatic heterocycles. The second-order valence-electron chi connectivity index (χ2n) is 5.10. The van der Waals surface area contributed by atoms with Crippen molar-refractivity contribution in [2.45, 2.75) is 31.7 Å². The standard InChI is InChI=1S/C14H14N2O4/c17-12-13(18)16(9-3-1-2-4-9)11-6-5-8(14(19)20)7-10(11)15-12/h5-7,9H,1-4H2,(H,15,17)(H,19,20). The van der Waals surface area contributed by atoms with Crippen LogP contribution in [0.3, 0.4) is 0 Å². The predicted molar refractivity (Wildman–Crippen MR) is 73.3 cm³/mol. The van der Waals surface area contributed by atoms with Gasteiger partial charge in [-0.15, -0.1) is 0 Å². The van der Waals surface area contributed by atoms with Crippen molar-refractivity contribution in [2.24, 2.45) is 0 Å². The van der Waals surface area contributed by atoms with Crippen LogP contribution >= 0.6 is 0 Å². The van der Waals surface area contributed by atoms with E-state index in [2.05, 4.69) is 4.98 Å². The third-order valence-electron chi connectivity index (χ3n) is 3.85. The summed E-state index contributed by atoms with van der Waals surface area (Å²) in [6.07, 6.45) is 3.83. The molecule has 0 radical (unpaired) electrons. The fourth-order valence-electron chi connectivity index (χ4n) is 2.90. The maximum Gasteiger partial charge on any atom is 0.335 e. The molecule has 2 aromatic rings. The van der Waals surface area contributed by atoms with Crippen LogP contribution in [0.1, 0.15) is 42.1 Å². The Hall–Kier alpha value is -2.37. The van der Waals surface area contributed by atoms with Gasteiger partial charge in [-0.2, -0.15) is 0 Å². The van der Waals surface area contributed by atoms with Crippen molar-refractivity contribution in [3.8, 4) is 0 Å². The number of nitrogens with zero attached hydrogens (tertiary/aromatic N) is 1. The largest absolute Gasteiger partial charge is 0.478 e. The highest BCUT2D eigenvalue weighted by atomic mass is 16.4. The fraction of sp³-hybridized carbons (Fsp3) is 0.357. The number of rotatable bonds is 2. The van der Waals surface area contributed by atoms with E-state index in [1.807, 2.05) is 0 Å². The highest BCUT2D eigenvalue weighted by Gasteiger charge is 2.21. The monoisotopic (exact) mass is 274 g/mol. The van der Waals surface area contributed by atoms with Crippen molar-refractivity contribution in [2.75, 3.05) is 0 Å². The number of fused-ring (bicyclic) bond motifs is 1. The Labute approximate surface area is 113 Å². The van der Waals surface area contributed by atoms with Crippen LogP contribution in [-0.2, 0) is 0 Å². The molecule has 1 aromatic carbocycles. The summed E-state index contributed by atoms with van der Waals surface area (Å²) < 4.78 is 1.52. The molecule has 1 fully saturated rings. The Balaban J connectivity index is 2.32. The Kier molecular flexibility index (Phi) is 2.93. The molecule has 20 heavy (non-hydrogen) atoms. The second kappa shape index (κ2) is 4.63. The third-order valence-corrected chi connectivity index (χ3v) is 3.85. The quantitative estimate of drug-likeness (QED) is 0.812. The molecule has 0 spiro atoms. The van der Waals surface area contributed by atoms with Gasteiger partial charge in [0, 0.05) is 6.04 Å². The van der Waals surface area contributed by atoms with Crippen molar-refractivity contribution in [1.82, 2.24) is 9.55 Å². The average Bonchev–Trinajstić information content (AvgIpc) is 2.93. The van der Waals surface area contributed by atoms with Crippen LogP contribution in [0.4, 0.5) is 0 Å². The summed E-state index contributed by atoms with van der Waals surface area (Å²) in [5.41, 5.74) is -0.197. The number of aromatic nitrogens is 2. The summed E-state index contributed by atoms with van der Waals surface area (Å²) in [5, 5.41) is 8.99. The lowest BCUT2D eigenvalue weighted by Gasteiger charge is -2.16. The number of carbonyl (C=O) groups is 1. The van der Waals surface area contributed by atoms with Crippen molar-refractivity contribution in [1.29, 1.82) is 0 Å². The van der Waals surface area contributed by atoms with Gasteiger partial charge in [0.25, 0.3) is 0 Å². The topological polar surface area (TPSA) is 92.2 Å². The van der Waals surface area contributed by atoms with Crippen LogP contribution in [0.5, 0.6) is 0 Å². The number of carboxylic acid groups (broad SMARTS) is 1. The molecule has 6 nitrogen and oxygen atoms in total.